The minimum Gasteiger partial charge on any atom is -0.444 e. The first kappa shape index (κ1) is 18.9. The number of hydrogen-bond acceptors (Lipinski definition) is 4. The van der Waals surface area contributed by atoms with Crippen molar-refractivity contribution in [3.05, 3.63) is 46.6 Å². The number of aromatic nitrogens is 1. The van der Waals surface area contributed by atoms with E-state index in [0.29, 0.717) is 5.82 Å². The van der Waals surface area contributed by atoms with Crippen LogP contribution in [0.25, 0.3) is 11.1 Å². The van der Waals surface area contributed by atoms with Crippen LogP contribution < -0.4 is 5.32 Å². The van der Waals surface area contributed by atoms with Crippen molar-refractivity contribution < 1.29 is 14.6 Å². The Morgan fingerprint density at radius 3 is 2.48 bits per heavy atom. The highest BCUT2D eigenvalue weighted by atomic mass is 16.6. The van der Waals surface area contributed by atoms with Gasteiger partial charge in [-0.1, -0.05) is 18.2 Å². The van der Waals surface area contributed by atoms with Gasteiger partial charge in [0.05, 0.1) is 6.61 Å². The van der Waals surface area contributed by atoms with E-state index in [1.165, 1.54) is 0 Å². The molecule has 0 spiro atoms. The molecule has 1 heterocycles. The maximum absolute atomic E-state index is 11.9. The molecule has 0 saturated heterocycles. The van der Waals surface area contributed by atoms with E-state index in [-0.39, 0.29) is 6.61 Å². The van der Waals surface area contributed by atoms with Gasteiger partial charge in [0.2, 0.25) is 0 Å². The molecule has 1 aromatic carbocycles. The predicted octanol–water partition coefficient (Wildman–Crippen LogP) is 4.51. The quantitative estimate of drug-likeness (QED) is 0.861. The van der Waals surface area contributed by atoms with Gasteiger partial charge < -0.3 is 9.84 Å². The smallest absolute Gasteiger partial charge is 0.413 e. The lowest BCUT2D eigenvalue weighted by atomic mass is 9.93. The van der Waals surface area contributed by atoms with Gasteiger partial charge in [0.15, 0.2) is 0 Å². The van der Waals surface area contributed by atoms with Crippen LogP contribution in [0.4, 0.5) is 10.6 Å². The van der Waals surface area contributed by atoms with Crippen molar-refractivity contribution in [2.75, 3.05) is 5.32 Å². The van der Waals surface area contributed by atoms with E-state index in [1.807, 2.05) is 65.8 Å². The molecule has 0 unspecified atom stereocenters. The summed E-state index contributed by atoms with van der Waals surface area (Å²) in [6.07, 6.45) is -0.523. The second-order valence-electron chi connectivity index (χ2n) is 7.16. The summed E-state index contributed by atoms with van der Waals surface area (Å²) in [6.45, 7) is 11.3. The van der Waals surface area contributed by atoms with Gasteiger partial charge in [-0.05, 0) is 69.9 Å². The van der Waals surface area contributed by atoms with E-state index in [1.54, 1.807) is 0 Å². The van der Waals surface area contributed by atoms with E-state index >= 15 is 0 Å². The molecular formula is C20H26N2O3. The molecule has 25 heavy (non-hydrogen) atoms. The van der Waals surface area contributed by atoms with Gasteiger partial charge in [0.1, 0.15) is 11.4 Å². The van der Waals surface area contributed by atoms with Crippen molar-refractivity contribution in [1.29, 1.82) is 0 Å². The third-order valence-electron chi connectivity index (χ3n) is 3.91. The Hall–Kier alpha value is -2.40. The maximum Gasteiger partial charge on any atom is 0.413 e. The van der Waals surface area contributed by atoms with E-state index < -0.39 is 11.7 Å². The van der Waals surface area contributed by atoms with Gasteiger partial charge in [-0.3, -0.25) is 5.32 Å². The highest BCUT2D eigenvalue weighted by Crippen LogP contribution is 2.32. The number of ether oxygens (including phenoxy) is 1. The van der Waals surface area contributed by atoms with Crippen LogP contribution in [0.15, 0.2) is 24.3 Å². The predicted molar refractivity (Wildman–Crippen MR) is 99.7 cm³/mol. The van der Waals surface area contributed by atoms with Crippen LogP contribution in [0.5, 0.6) is 0 Å². The molecule has 0 aliphatic carbocycles. The number of aliphatic hydroxyl groups excluding tert-OH is 1. The van der Waals surface area contributed by atoms with Crippen LogP contribution in [0.3, 0.4) is 0 Å². The highest BCUT2D eigenvalue weighted by Gasteiger charge is 2.18. The lowest BCUT2D eigenvalue weighted by Gasteiger charge is -2.20. The number of amides is 1. The molecule has 5 nitrogen and oxygen atoms in total. The fourth-order valence-electron chi connectivity index (χ4n) is 2.84. The molecule has 2 N–H and O–H groups in total. The van der Waals surface area contributed by atoms with Crippen molar-refractivity contribution in [2.45, 2.75) is 53.8 Å². The van der Waals surface area contributed by atoms with Gasteiger partial charge in [-0.2, -0.15) is 0 Å². The number of carbonyl (C=O) groups excluding carboxylic acids is 1. The number of carbonyl (C=O) groups is 1. The van der Waals surface area contributed by atoms with Gasteiger partial charge >= 0.3 is 6.09 Å². The zero-order valence-corrected chi connectivity index (χ0v) is 15.7. The first-order chi connectivity index (χ1) is 11.6. The number of pyridine rings is 1. The molecular weight excluding hydrogens is 316 g/mol. The van der Waals surface area contributed by atoms with E-state index in [4.69, 9.17) is 4.74 Å². The summed E-state index contributed by atoms with van der Waals surface area (Å²) in [5, 5.41) is 12.2. The number of nitrogens with one attached hydrogen (secondary N) is 1. The minimum atomic E-state index is -0.560. The summed E-state index contributed by atoms with van der Waals surface area (Å²) in [5.74, 6) is 0.462. The summed E-state index contributed by atoms with van der Waals surface area (Å²) in [5.41, 5.74) is 5.23. The molecule has 0 radical (unpaired) electrons. The topological polar surface area (TPSA) is 71.5 Å². The minimum absolute atomic E-state index is 0.00345. The Morgan fingerprint density at radius 1 is 1.24 bits per heavy atom. The lowest BCUT2D eigenvalue weighted by Crippen LogP contribution is -2.27. The largest absolute Gasteiger partial charge is 0.444 e. The van der Waals surface area contributed by atoms with E-state index in [0.717, 1.165) is 33.5 Å². The first-order valence-corrected chi connectivity index (χ1v) is 8.30. The normalized spacial score (nSPS) is 11.3. The van der Waals surface area contributed by atoms with Crippen LogP contribution in [-0.4, -0.2) is 21.8 Å². The van der Waals surface area contributed by atoms with Gasteiger partial charge in [-0.25, -0.2) is 9.78 Å². The standard InChI is InChI=1S/C20H26N2O3/c1-12-10-17(22-19(24)25-20(4,5)6)21-14(3)18(12)16-9-7-8-15(11-23)13(16)2/h7-10,23H,11H2,1-6H3,(H,21,22,24). The molecule has 5 heteroatoms. The SMILES string of the molecule is Cc1cc(NC(=O)OC(C)(C)C)nc(C)c1-c1cccc(CO)c1C. The monoisotopic (exact) mass is 342 g/mol. The van der Waals surface area contributed by atoms with Gasteiger partial charge in [0, 0.05) is 11.3 Å². The zero-order chi connectivity index (χ0) is 18.8. The fourth-order valence-corrected chi connectivity index (χ4v) is 2.84. The van der Waals surface area contributed by atoms with Crippen molar-refractivity contribution in [3.63, 3.8) is 0 Å². The number of aliphatic hydroxyl groups is 1. The van der Waals surface area contributed by atoms with Crippen molar-refractivity contribution in [2.24, 2.45) is 0 Å². The molecule has 0 aliphatic rings. The van der Waals surface area contributed by atoms with Gasteiger partial charge in [0.25, 0.3) is 0 Å². The van der Waals surface area contributed by atoms with Crippen molar-refractivity contribution >= 4 is 11.9 Å². The molecule has 1 aromatic heterocycles. The van der Waals surface area contributed by atoms with Crippen LogP contribution in [0.1, 0.15) is 43.2 Å². The summed E-state index contributed by atoms with van der Waals surface area (Å²) in [4.78, 5) is 16.4. The first-order valence-electron chi connectivity index (χ1n) is 8.30. The second-order valence-corrected chi connectivity index (χ2v) is 7.16. The zero-order valence-electron chi connectivity index (χ0n) is 15.7. The number of aryl methyl sites for hydroxylation is 2. The average molecular weight is 342 g/mol. The summed E-state index contributed by atoms with van der Waals surface area (Å²) in [6, 6.07) is 7.69. The molecule has 0 aliphatic heterocycles. The van der Waals surface area contributed by atoms with Crippen molar-refractivity contribution in [3.8, 4) is 11.1 Å². The van der Waals surface area contributed by atoms with E-state index in [9.17, 15) is 9.90 Å². The molecule has 1 amide bonds. The van der Waals surface area contributed by atoms with Crippen LogP contribution in [0, 0.1) is 20.8 Å². The van der Waals surface area contributed by atoms with Crippen LogP contribution in [0.2, 0.25) is 0 Å². The number of benzene rings is 1. The number of rotatable bonds is 3. The molecule has 134 valence electrons. The van der Waals surface area contributed by atoms with Gasteiger partial charge in [-0.15, -0.1) is 0 Å². The maximum atomic E-state index is 11.9. The summed E-state index contributed by atoms with van der Waals surface area (Å²) < 4.78 is 5.27. The summed E-state index contributed by atoms with van der Waals surface area (Å²) in [7, 11) is 0. The number of nitrogens with zero attached hydrogens (tertiary/aromatic N) is 1. The average Bonchev–Trinajstić information content (AvgIpc) is 2.46. The van der Waals surface area contributed by atoms with Crippen LogP contribution >= 0.6 is 0 Å². The Balaban J connectivity index is 2.37. The Labute approximate surface area is 149 Å². The molecule has 0 bridgehead atoms. The third-order valence-corrected chi connectivity index (χ3v) is 3.91. The molecule has 0 atom stereocenters. The van der Waals surface area contributed by atoms with Crippen LogP contribution in [-0.2, 0) is 11.3 Å². The lowest BCUT2D eigenvalue weighted by molar-refractivity contribution is 0.0635. The molecule has 0 saturated carbocycles. The summed E-state index contributed by atoms with van der Waals surface area (Å²) >= 11 is 0. The van der Waals surface area contributed by atoms with E-state index in [2.05, 4.69) is 10.3 Å². The third kappa shape index (κ3) is 4.57. The number of anilines is 1. The molecule has 0 fully saturated rings. The Kier molecular flexibility index (Phi) is 5.48. The van der Waals surface area contributed by atoms with Crippen molar-refractivity contribution in [1.82, 2.24) is 4.98 Å². The Bertz CT molecular complexity index is 769. The highest BCUT2D eigenvalue weighted by molar-refractivity contribution is 5.85. The fraction of sp³-hybridized carbons (Fsp3) is 0.400. The Morgan fingerprint density at radius 2 is 1.92 bits per heavy atom. The molecule has 2 rings (SSSR count). The number of hydrogen-bond donors (Lipinski definition) is 2. The second kappa shape index (κ2) is 7.23. The molecule has 2 aromatic rings.